The van der Waals surface area contributed by atoms with Crippen LogP contribution >= 0.6 is 0 Å². The lowest BCUT2D eigenvalue weighted by atomic mass is 9.88. The van der Waals surface area contributed by atoms with Crippen molar-refractivity contribution in [2.75, 3.05) is 19.7 Å². The van der Waals surface area contributed by atoms with Crippen molar-refractivity contribution in [3.05, 3.63) is 59.7 Å². The van der Waals surface area contributed by atoms with Crippen LogP contribution < -0.4 is 9.47 Å². The molecule has 2 aromatic carbocycles. The Hall–Kier alpha value is -2.54. The lowest BCUT2D eigenvalue weighted by Gasteiger charge is -2.31. The minimum Gasteiger partial charge on any atom is -0.494 e. The molecule has 1 aliphatic rings. The van der Waals surface area contributed by atoms with E-state index in [0.717, 1.165) is 44.6 Å². The van der Waals surface area contributed by atoms with Gasteiger partial charge in [0.25, 0.3) is 0 Å². The lowest BCUT2D eigenvalue weighted by Crippen LogP contribution is -2.35. The van der Waals surface area contributed by atoms with Gasteiger partial charge in [-0.1, -0.05) is 19.1 Å². The Kier molecular flexibility index (Phi) is 7.37. The highest BCUT2D eigenvalue weighted by Gasteiger charge is 2.31. The van der Waals surface area contributed by atoms with Gasteiger partial charge in [-0.05, 0) is 74.3 Å². The van der Waals surface area contributed by atoms with Crippen molar-refractivity contribution in [3.63, 3.8) is 0 Å². The topological polar surface area (TPSA) is 38.8 Å². The molecule has 1 saturated heterocycles. The molecule has 0 aliphatic carbocycles. The number of rotatable bonds is 8. The Balaban J connectivity index is 1.48. The molecule has 3 rings (SSSR count). The summed E-state index contributed by atoms with van der Waals surface area (Å²) < 4.78 is 46.2. The number of piperidine rings is 1. The van der Waals surface area contributed by atoms with Crippen LogP contribution in [0.3, 0.4) is 0 Å². The number of benzene rings is 2. The highest BCUT2D eigenvalue weighted by atomic mass is 19.4. The number of Topliss-reactive ketones (excluding diaryl/α,β-unsaturated/α-hetero) is 1. The Bertz CT molecular complexity index is 811. The molecule has 30 heavy (non-hydrogen) atoms. The normalized spacial score (nSPS) is 15.7. The summed E-state index contributed by atoms with van der Waals surface area (Å²) in [5, 5.41) is 0. The predicted octanol–water partition coefficient (Wildman–Crippen LogP) is 5.47. The molecule has 162 valence electrons. The largest absolute Gasteiger partial charge is 0.573 e. The molecule has 0 bridgehead atoms. The van der Waals surface area contributed by atoms with Gasteiger partial charge in [-0.25, -0.2) is 0 Å². The van der Waals surface area contributed by atoms with E-state index in [1.165, 1.54) is 29.8 Å². The number of nitrogens with zero attached hydrogens (tertiary/aromatic N) is 1. The molecule has 0 saturated carbocycles. The zero-order valence-corrected chi connectivity index (χ0v) is 17.0. The molecule has 0 amide bonds. The number of hydrogen-bond acceptors (Lipinski definition) is 4. The maximum Gasteiger partial charge on any atom is 0.573 e. The van der Waals surface area contributed by atoms with Gasteiger partial charge in [0, 0.05) is 18.0 Å². The summed E-state index contributed by atoms with van der Waals surface area (Å²) in [5.74, 6) is 0.419. The third kappa shape index (κ3) is 6.49. The number of carbonyl (C=O) groups excluding carboxylic acids is 1. The van der Waals surface area contributed by atoms with Gasteiger partial charge in [0.05, 0.1) is 6.61 Å². The highest BCUT2D eigenvalue weighted by molar-refractivity contribution is 5.98. The quantitative estimate of drug-likeness (QED) is 0.530. The number of ether oxygens (including phenoxy) is 2. The summed E-state index contributed by atoms with van der Waals surface area (Å²) in [6.07, 6.45) is -2.29. The SMILES string of the molecule is CCCOc1ccc(CN2CCC(C(=O)c3ccc(OC(F)(F)F)cc3)CC2)cc1. The third-order valence-electron chi connectivity index (χ3n) is 5.13. The van der Waals surface area contributed by atoms with Crippen molar-refractivity contribution < 1.29 is 27.4 Å². The Morgan fingerprint density at radius 3 is 2.17 bits per heavy atom. The van der Waals surface area contributed by atoms with Crippen LogP contribution in [0.25, 0.3) is 0 Å². The smallest absolute Gasteiger partial charge is 0.494 e. The second-order valence-corrected chi connectivity index (χ2v) is 7.48. The van der Waals surface area contributed by atoms with Gasteiger partial charge in [0.1, 0.15) is 11.5 Å². The zero-order chi connectivity index (χ0) is 21.6. The summed E-state index contributed by atoms with van der Waals surface area (Å²) in [5.41, 5.74) is 1.62. The number of halogens is 3. The van der Waals surface area contributed by atoms with E-state index >= 15 is 0 Å². The van der Waals surface area contributed by atoms with Gasteiger partial charge < -0.3 is 9.47 Å². The highest BCUT2D eigenvalue weighted by Crippen LogP contribution is 2.26. The maximum absolute atomic E-state index is 12.7. The van der Waals surface area contributed by atoms with Gasteiger partial charge in [0.2, 0.25) is 0 Å². The van der Waals surface area contributed by atoms with Crippen molar-refractivity contribution >= 4 is 5.78 Å². The van der Waals surface area contributed by atoms with E-state index in [2.05, 4.69) is 28.7 Å². The van der Waals surface area contributed by atoms with Crippen molar-refractivity contribution in [3.8, 4) is 11.5 Å². The van der Waals surface area contributed by atoms with E-state index in [4.69, 9.17) is 4.74 Å². The number of hydrogen-bond donors (Lipinski definition) is 0. The Labute approximate surface area is 174 Å². The van der Waals surface area contributed by atoms with Crippen LogP contribution in [-0.2, 0) is 6.54 Å². The molecular formula is C23H26F3NO3. The average Bonchev–Trinajstić information content (AvgIpc) is 2.73. The monoisotopic (exact) mass is 421 g/mol. The first-order valence-corrected chi connectivity index (χ1v) is 10.2. The number of carbonyl (C=O) groups is 1. The Morgan fingerprint density at radius 2 is 1.60 bits per heavy atom. The van der Waals surface area contributed by atoms with Crippen molar-refractivity contribution in [2.24, 2.45) is 5.92 Å². The fraction of sp³-hybridized carbons (Fsp3) is 0.435. The first kappa shape index (κ1) is 22.2. The lowest BCUT2D eigenvalue weighted by molar-refractivity contribution is -0.274. The summed E-state index contributed by atoms with van der Waals surface area (Å²) >= 11 is 0. The van der Waals surface area contributed by atoms with Crippen LogP contribution in [0.4, 0.5) is 13.2 Å². The van der Waals surface area contributed by atoms with E-state index in [1.54, 1.807) is 0 Å². The molecule has 0 N–H and O–H groups in total. The predicted molar refractivity (Wildman–Crippen MR) is 108 cm³/mol. The molecule has 1 heterocycles. The molecule has 1 fully saturated rings. The molecular weight excluding hydrogens is 395 g/mol. The molecule has 7 heteroatoms. The minimum absolute atomic E-state index is 0.0226. The molecule has 0 radical (unpaired) electrons. The summed E-state index contributed by atoms with van der Waals surface area (Å²) in [6, 6.07) is 13.3. The van der Waals surface area contributed by atoms with Crippen LogP contribution in [0.15, 0.2) is 48.5 Å². The second kappa shape index (κ2) is 9.98. The van der Waals surface area contributed by atoms with Gasteiger partial charge >= 0.3 is 6.36 Å². The number of ketones is 1. The van der Waals surface area contributed by atoms with Crippen molar-refractivity contribution in [2.45, 2.75) is 39.1 Å². The number of alkyl halides is 3. The Morgan fingerprint density at radius 1 is 1.00 bits per heavy atom. The van der Waals surface area contributed by atoms with Gasteiger partial charge in [-0.3, -0.25) is 9.69 Å². The minimum atomic E-state index is -4.73. The average molecular weight is 421 g/mol. The molecule has 0 unspecified atom stereocenters. The number of likely N-dealkylation sites (tertiary alicyclic amines) is 1. The van der Waals surface area contributed by atoms with Crippen LogP contribution in [-0.4, -0.2) is 36.7 Å². The molecule has 2 aromatic rings. The molecule has 1 aliphatic heterocycles. The van der Waals surface area contributed by atoms with Crippen LogP contribution in [0.2, 0.25) is 0 Å². The molecule has 0 atom stereocenters. The molecule has 0 spiro atoms. The van der Waals surface area contributed by atoms with E-state index in [1.807, 2.05) is 12.1 Å². The molecule has 4 nitrogen and oxygen atoms in total. The molecule has 0 aromatic heterocycles. The van der Waals surface area contributed by atoms with E-state index in [9.17, 15) is 18.0 Å². The van der Waals surface area contributed by atoms with Gasteiger partial charge in [0.15, 0.2) is 5.78 Å². The fourth-order valence-electron chi connectivity index (χ4n) is 3.58. The summed E-state index contributed by atoms with van der Waals surface area (Å²) in [7, 11) is 0. The zero-order valence-electron chi connectivity index (χ0n) is 17.0. The van der Waals surface area contributed by atoms with Crippen LogP contribution in [0.1, 0.15) is 42.1 Å². The first-order chi connectivity index (χ1) is 14.3. The van der Waals surface area contributed by atoms with Gasteiger partial charge in [-0.2, -0.15) is 0 Å². The standard InChI is InChI=1S/C23H26F3NO3/c1-2-15-29-20-7-3-17(4-8-20)16-27-13-11-19(12-14-27)22(28)18-5-9-21(10-6-18)30-23(24,25)26/h3-10,19H,2,11-16H2,1H3. The first-order valence-electron chi connectivity index (χ1n) is 10.2. The van der Waals surface area contributed by atoms with E-state index in [0.29, 0.717) is 12.2 Å². The summed E-state index contributed by atoms with van der Waals surface area (Å²) in [4.78, 5) is 15.0. The second-order valence-electron chi connectivity index (χ2n) is 7.48. The van der Waals surface area contributed by atoms with Crippen LogP contribution in [0.5, 0.6) is 11.5 Å². The maximum atomic E-state index is 12.7. The van der Waals surface area contributed by atoms with Gasteiger partial charge in [-0.15, -0.1) is 13.2 Å². The fourth-order valence-corrected chi connectivity index (χ4v) is 3.58. The van der Waals surface area contributed by atoms with Crippen molar-refractivity contribution in [1.29, 1.82) is 0 Å². The van der Waals surface area contributed by atoms with E-state index in [-0.39, 0.29) is 17.5 Å². The third-order valence-corrected chi connectivity index (χ3v) is 5.13. The van der Waals surface area contributed by atoms with Crippen LogP contribution in [0, 0.1) is 5.92 Å². The summed E-state index contributed by atoms with van der Waals surface area (Å²) in [6.45, 7) is 5.21. The van der Waals surface area contributed by atoms with Crippen molar-refractivity contribution in [1.82, 2.24) is 4.90 Å². The van der Waals surface area contributed by atoms with E-state index < -0.39 is 6.36 Å².